The van der Waals surface area contributed by atoms with Gasteiger partial charge >= 0.3 is 0 Å². The largest absolute Gasteiger partial charge is 0.321 e. The Morgan fingerprint density at radius 2 is 2.00 bits per heavy atom. The normalized spacial score (nSPS) is 16.9. The molecule has 138 valence electrons. The summed E-state index contributed by atoms with van der Waals surface area (Å²) in [6.45, 7) is 1.96. The van der Waals surface area contributed by atoms with Gasteiger partial charge in [-0.05, 0) is 43.0 Å². The summed E-state index contributed by atoms with van der Waals surface area (Å²) in [4.78, 5) is 12.7. The van der Waals surface area contributed by atoms with Crippen molar-refractivity contribution >= 4 is 21.6 Å². The SMILES string of the molecule is O=C(Nc1ccc(S(=O)(=O)NCC2CC2)cc1)c1n[nH]c2c1CNCC2. The van der Waals surface area contributed by atoms with Gasteiger partial charge in [-0.1, -0.05) is 0 Å². The molecule has 8 nitrogen and oxygen atoms in total. The number of carbonyl (C=O) groups excluding carboxylic acids is 1. The second-order valence-electron chi connectivity index (χ2n) is 6.73. The molecule has 1 fully saturated rings. The molecule has 0 bridgehead atoms. The summed E-state index contributed by atoms with van der Waals surface area (Å²) in [5, 5.41) is 13.0. The summed E-state index contributed by atoms with van der Waals surface area (Å²) in [5.41, 5.74) is 2.76. The minimum atomic E-state index is -3.50. The van der Waals surface area contributed by atoms with Crippen LogP contribution in [-0.2, 0) is 23.0 Å². The van der Waals surface area contributed by atoms with Crippen LogP contribution < -0.4 is 15.4 Å². The van der Waals surface area contributed by atoms with E-state index in [1.165, 1.54) is 12.1 Å². The highest BCUT2D eigenvalue weighted by atomic mass is 32.2. The van der Waals surface area contributed by atoms with Crippen LogP contribution in [0.4, 0.5) is 5.69 Å². The molecule has 26 heavy (non-hydrogen) atoms. The Morgan fingerprint density at radius 1 is 1.23 bits per heavy atom. The van der Waals surface area contributed by atoms with Crippen molar-refractivity contribution in [1.29, 1.82) is 0 Å². The van der Waals surface area contributed by atoms with Gasteiger partial charge in [0.15, 0.2) is 5.69 Å². The molecule has 1 aromatic carbocycles. The summed E-state index contributed by atoms with van der Waals surface area (Å²) < 4.78 is 27.1. The monoisotopic (exact) mass is 375 g/mol. The van der Waals surface area contributed by atoms with Gasteiger partial charge in [-0.3, -0.25) is 9.89 Å². The van der Waals surface area contributed by atoms with Crippen molar-refractivity contribution in [3.05, 3.63) is 41.2 Å². The van der Waals surface area contributed by atoms with Gasteiger partial charge in [0.2, 0.25) is 10.0 Å². The Hall–Kier alpha value is -2.23. The third-order valence-corrected chi connectivity index (χ3v) is 6.14. The third-order valence-electron chi connectivity index (χ3n) is 4.70. The van der Waals surface area contributed by atoms with Gasteiger partial charge in [-0.15, -0.1) is 0 Å². The number of carbonyl (C=O) groups is 1. The molecular weight excluding hydrogens is 354 g/mol. The number of anilines is 1. The van der Waals surface area contributed by atoms with E-state index in [1.54, 1.807) is 12.1 Å². The average molecular weight is 375 g/mol. The topological polar surface area (TPSA) is 116 Å². The number of hydrogen-bond acceptors (Lipinski definition) is 5. The maximum atomic E-state index is 12.5. The van der Waals surface area contributed by atoms with Crippen LogP contribution in [0.15, 0.2) is 29.2 Å². The summed E-state index contributed by atoms with van der Waals surface area (Å²) in [6, 6.07) is 6.15. The standard InChI is InChI=1S/C17H21N5O3S/c23-17(16-14-10-18-8-7-15(14)21-22-16)20-12-3-5-13(6-4-12)26(24,25)19-9-11-1-2-11/h3-6,11,18-19H,1-2,7-10H2,(H,20,23)(H,21,22). The summed E-state index contributed by atoms with van der Waals surface area (Å²) in [5.74, 6) is 0.159. The molecule has 9 heteroatoms. The van der Waals surface area contributed by atoms with E-state index < -0.39 is 10.0 Å². The zero-order valence-corrected chi connectivity index (χ0v) is 15.0. The lowest BCUT2D eigenvalue weighted by molar-refractivity contribution is 0.102. The van der Waals surface area contributed by atoms with Crippen LogP contribution in [0, 0.1) is 5.92 Å². The first-order valence-corrected chi connectivity index (χ1v) is 10.2. The molecule has 4 rings (SSSR count). The fraction of sp³-hybridized carbons (Fsp3) is 0.412. The number of benzene rings is 1. The quantitative estimate of drug-likeness (QED) is 0.601. The zero-order chi connectivity index (χ0) is 18.1. The fourth-order valence-corrected chi connectivity index (χ4v) is 4.07. The van der Waals surface area contributed by atoms with Crippen LogP contribution in [0.3, 0.4) is 0 Å². The van der Waals surface area contributed by atoms with E-state index >= 15 is 0 Å². The van der Waals surface area contributed by atoms with Crippen molar-refractivity contribution in [1.82, 2.24) is 20.2 Å². The van der Waals surface area contributed by atoms with Gasteiger partial charge in [0, 0.05) is 43.0 Å². The van der Waals surface area contributed by atoms with Crippen LogP contribution in [0.25, 0.3) is 0 Å². The molecule has 1 aliphatic heterocycles. The molecule has 4 N–H and O–H groups in total. The number of nitrogens with zero attached hydrogens (tertiary/aromatic N) is 1. The number of sulfonamides is 1. The number of aromatic nitrogens is 2. The number of rotatable bonds is 6. The number of hydrogen-bond donors (Lipinski definition) is 4. The molecule has 0 radical (unpaired) electrons. The van der Waals surface area contributed by atoms with Crippen LogP contribution in [-0.4, -0.2) is 37.6 Å². The molecule has 0 spiro atoms. The van der Waals surface area contributed by atoms with Crippen molar-refractivity contribution in [3.63, 3.8) is 0 Å². The van der Waals surface area contributed by atoms with E-state index in [4.69, 9.17) is 0 Å². The van der Waals surface area contributed by atoms with Crippen molar-refractivity contribution < 1.29 is 13.2 Å². The Balaban J connectivity index is 1.44. The molecule has 0 atom stereocenters. The second-order valence-corrected chi connectivity index (χ2v) is 8.50. The molecule has 0 unspecified atom stereocenters. The fourth-order valence-electron chi connectivity index (χ4n) is 2.95. The first-order valence-electron chi connectivity index (χ1n) is 8.71. The van der Waals surface area contributed by atoms with Crippen molar-refractivity contribution in [2.75, 3.05) is 18.4 Å². The van der Waals surface area contributed by atoms with Crippen LogP contribution >= 0.6 is 0 Å². The average Bonchev–Trinajstić information content (AvgIpc) is 3.37. The molecule has 2 aromatic rings. The lowest BCUT2D eigenvalue weighted by atomic mass is 10.1. The number of aromatic amines is 1. The molecular formula is C17H21N5O3S. The van der Waals surface area contributed by atoms with E-state index in [9.17, 15) is 13.2 Å². The smallest absolute Gasteiger partial charge is 0.276 e. The highest BCUT2D eigenvalue weighted by Crippen LogP contribution is 2.28. The van der Waals surface area contributed by atoms with Crippen LogP contribution in [0.5, 0.6) is 0 Å². The number of H-pyrrole nitrogens is 1. The molecule has 1 saturated carbocycles. The van der Waals surface area contributed by atoms with Crippen LogP contribution in [0.1, 0.15) is 34.6 Å². The number of nitrogens with one attached hydrogen (secondary N) is 4. The van der Waals surface area contributed by atoms with Gasteiger partial charge < -0.3 is 10.6 Å². The van der Waals surface area contributed by atoms with E-state index in [2.05, 4.69) is 25.6 Å². The second kappa shape index (κ2) is 6.82. The summed E-state index contributed by atoms with van der Waals surface area (Å²) >= 11 is 0. The van der Waals surface area contributed by atoms with E-state index in [0.29, 0.717) is 30.4 Å². The Labute approximate surface area is 151 Å². The molecule has 2 aliphatic rings. The van der Waals surface area contributed by atoms with Gasteiger partial charge in [0.25, 0.3) is 5.91 Å². The van der Waals surface area contributed by atoms with Gasteiger partial charge in [0.1, 0.15) is 0 Å². The molecule has 1 aromatic heterocycles. The number of amides is 1. The maximum absolute atomic E-state index is 12.5. The van der Waals surface area contributed by atoms with Crippen molar-refractivity contribution in [3.8, 4) is 0 Å². The van der Waals surface area contributed by atoms with Crippen LogP contribution in [0.2, 0.25) is 0 Å². The Kier molecular flexibility index (Phi) is 4.51. The molecule has 1 aliphatic carbocycles. The van der Waals surface area contributed by atoms with E-state index in [0.717, 1.165) is 37.1 Å². The zero-order valence-electron chi connectivity index (χ0n) is 14.2. The first kappa shape index (κ1) is 17.2. The minimum Gasteiger partial charge on any atom is -0.321 e. The molecule has 1 amide bonds. The van der Waals surface area contributed by atoms with Gasteiger partial charge in [-0.2, -0.15) is 5.10 Å². The highest BCUT2D eigenvalue weighted by Gasteiger charge is 2.24. The summed E-state index contributed by atoms with van der Waals surface area (Å²) in [7, 11) is -3.50. The number of fused-ring (bicyclic) bond motifs is 1. The molecule has 0 saturated heterocycles. The predicted molar refractivity (Wildman–Crippen MR) is 96.3 cm³/mol. The van der Waals surface area contributed by atoms with Crippen molar-refractivity contribution in [2.24, 2.45) is 5.92 Å². The van der Waals surface area contributed by atoms with Crippen molar-refractivity contribution in [2.45, 2.75) is 30.7 Å². The lowest BCUT2D eigenvalue weighted by Crippen LogP contribution is -2.26. The van der Waals surface area contributed by atoms with E-state index in [1.807, 2.05) is 0 Å². The third kappa shape index (κ3) is 3.64. The van der Waals surface area contributed by atoms with E-state index in [-0.39, 0.29) is 10.8 Å². The Bertz CT molecular complexity index is 916. The summed E-state index contributed by atoms with van der Waals surface area (Å²) in [6.07, 6.45) is 2.98. The maximum Gasteiger partial charge on any atom is 0.276 e. The van der Waals surface area contributed by atoms with Gasteiger partial charge in [0.05, 0.1) is 4.90 Å². The Morgan fingerprint density at radius 3 is 2.73 bits per heavy atom. The lowest BCUT2D eigenvalue weighted by Gasteiger charge is -2.13. The predicted octanol–water partition coefficient (Wildman–Crippen LogP) is 0.996. The van der Waals surface area contributed by atoms with Gasteiger partial charge in [-0.25, -0.2) is 13.1 Å². The minimum absolute atomic E-state index is 0.192. The highest BCUT2D eigenvalue weighted by molar-refractivity contribution is 7.89. The molecule has 2 heterocycles. The first-order chi connectivity index (χ1) is 12.5.